The smallest absolute Gasteiger partial charge is 0.00183 e. The largest absolute Gasteiger partial charge is 0.303 e. The molecule has 17 heavy (non-hydrogen) atoms. The molecule has 0 N–H and O–H groups in total. The third-order valence-corrected chi connectivity index (χ3v) is 4.03. The van der Waals surface area contributed by atoms with Crippen molar-refractivity contribution >= 4 is 0 Å². The van der Waals surface area contributed by atoms with E-state index in [2.05, 4.69) is 11.8 Å². The van der Waals surface area contributed by atoms with E-state index in [1.807, 2.05) is 0 Å². The third-order valence-electron chi connectivity index (χ3n) is 4.03. The SMILES string of the molecule is CCCCCCCCCCCCN1CCCC1. The molecule has 0 aromatic carbocycles. The molecule has 1 fully saturated rings. The summed E-state index contributed by atoms with van der Waals surface area (Å²) < 4.78 is 0. The fourth-order valence-electron chi connectivity index (χ4n) is 2.83. The van der Waals surface area contributed by atoms with Gasteiger partial charge >= 0.3 is 0 Å². The Labute approximate surface area is 109 Å². The van der Waals surface area contributed by atoms with Gasteiger partial charge in [-0.25, -0.2) is 0 Å². The molecule has 0 bridgehead atoms. The number of likely N-dealkylation sites (tertiary alicyclic amines) is 1. The summed E-state index contributed by atoms with van der Waals surface area (Å²) in [5.41, 5.74) is 0. The molecule has 1 nitrogen and oxygen atoms in total. The fourth-order valence-corrected chi connectivity index (χ4v) is 2.83. The van der Waals surface area contributed by atoms with Gasteiger partial charge in [-0.15, -0.1) is 0 Å². The van der Waals surface area contributed by atoms with E-state index in [1.165, 1.54) is 96.7 Å². The molecule has 1 saturated heterocycles. The van der Waals surface area contributed by atoms with Gasteiger partial charge in [0.15, 0.2) is 0 Å². The van der Waals surface area contributed by atoms with Gasteiger partial charge in [-0.1, -0.05) is 64.7 Å². The van der Waals surface area contributed by atoms with Gasteiger partial charge in [0.1, 0.15) is 0 Å². The van der Waals surface area contributed by atoms with Crippen LogP contribution in [0.2, 0.25) is 0 Å². The van der Waals surface area contributed by atoms with Crippen LogP contribution >= 0.6 is 0 Å². The van der Waals surface area contributed by atoms with E-state index >= 15 is 0 Å². The fraction of sp³-hybridized carbons (Fsp3) is 1.00. The Hall–Kier alpha value is -0.0400. The summed E-state index contributed by atoms with van der Waals surface area (Å²) in [6.07, 6.45) is 17.4. The molecule has 0 radical (unpaired) electrons. The van der Waals surface area contributed by atoms with Gasteiger partial charge in [-0.3, -0.25) is 0 Å². The highest BCUT2D eigenvalue weighted by Crippen LogP contribution is 2.12. The van der Waals surface area contributed by atoms with Crippen molar-refractivity contribution in [3.8, 4) is 0 Å². The zero-order chi connectivity index (χ0) is 12.2. The molecule has 0 spiro atoms. The van der Waals surface area contributed by atoms with Crippen molar-refractivity contribution in [3.63, 3.8) is 0 Å². The third kappa shape index (κ3) is 8.65. The first-order valence-corrected chi connectivity index (χ1v) is 8.16. The molecular weight excluding hydrogens is 206 g/mol. The van der Waals surface area contributed by atoms with Gasteiger partial charge in [-0.2, -0.15) is 0 Å². The minimum absolute atomic E-state index is 1.37. The van der Waals surface area contributed by atoms with Crippen molar-refractivity contribution in [2.24, 2.45) is 0 Å². The van der Waals surface area contributed by atoms with E-state index in [0.717, 1.165) is 0 Å². The summed E-state index contributed by atoms with van der Waals surface area (Å²) in [6, 6.07) is 0. The van der Waals surface area contributed by atoms with E-state index in [-0.39, 0.29) is 0 Å². The maximum atomic E-state index is 2.64. The average Bonchev–Trinajstić information content (AvgIpc) is 2.85. The quantitative estimate of drug-likeness (QED) is 0.458. The van der Waals surface area contributed by atoms with Crippen LogP contribution in [-0.2, 0) is 0 Å². The Kier molecular flexibility index (Phi) is 9.78. The lowest BCUT2D eigenvalue weighted by atomic mass is 10.1. The van der Waals surface area contributed by atoms with Crippen molar-refractivity contribution in [3.05, 3.63) is 0 Å². The highest BCUT2D eigenvalue weighted by atomic mass is 15.1. The summed E-state index contributed by atoms with van der Waals surface area (Å²) in [7, 11) is 0. The van der Waals surface area contributed by atoms with Crippen molar-refractivity contribution < 1.29 is 0 Å². The Balaban J connectivity index is 1.69. The van der Waals surface area contributed by atoms with Crippen LogP contribution in [0, 0.1) is 0 Å². The maximum Gasteiger partial charge on any atom is -0.00183 e. The highest BCUT2D eigenvalue weighted by molar-refractivity contribution is 4.65. The van der Waals surface area contributed by atoms with Crippen molar-refractivity contribution in [2.75, 3.05) is 19.6 Å². The molecule has 1 rings (SSSR count). The topological polar surface area (TPSA) is 3.24 Å². The molecule has 1 aliphatic rings. The molecule has 0 aromatic heterocycles. The lowest BCUT2D eigenvalue weighted by molar-refractivity contribution is 0.327. The standard InChI is InChI=1S/C16H33N/c1-2-3-4-5-6-7-8-9-10-11-14-17-15-12-13-16-17/h2-16H2,1H3. The Morgan fingerprint density at radius 1 is 0.647 bits per heavy atom. The zero-order valence-electron chi connectivity index (χ0n) is 12.1. The van der Waals surface area contributed by atoms with Gasteiger partial charge in [0, 0.05) is 0 Å². The van der Waals surface area contributed by atoms with Crippen LogP contribution in [0.1, 0.15) is 84.0 Å². The molecule has 0 aliphatic carbocycles. The van der Waals surface area contributed by atoms with Crippen molar-refractivity contribution in [1.29, 1.82) is 0 Å². The second-order valence-corrected chi connectivity index (χ2v) is 5.73. The first-order valence-electron chi connectivity index (χ1n) is 8.16. The first kappa shape index (κ1) is 15.0. The maximum absolute atomic E-state index is 2.64. The predicted molar refractivity (Wildman–Crippen MR) is 77.5 cm³/mol. The number of rotatable bonds is 11. The molecule has 0 atom stereocenters. The van der Waals surface area contributed by atoms with Gasteiger partial charge < -0.3 is 4.90 Å². The van der Waals surface area contributed by atoms with Gasteiger partial charge in [0.25, 0.3) is 0 Å². The lowest BCUT2D eigenvalue weighted by Crippen LogP contribution is -2.20. The van der Waals surface area contributed by atoms with Crippen LogP contribution < -0.4 is 0 Å². The van der Waals surface area contributed by atoms with Crippen LogP contribution in [0.15, 0.2) is 0 Å². The van der Waals surface area contributed by atoms with E-state index in [4.69, 9.17) is 0 Å². The summed E-state index contributed by atoms with van der Waals surface area (Å²) in [4.78, 5) is 2.64. The normalized spacial score (nSPS) is 16.8. The van der Waals surface area contributed by atoms with Gasteiger partial charge in [-0.05, 0) is 38.9 Å². The second-order valence-electron chi connectivity index (χ2n) is 5.73. The van der Waals surface area contributed by atoms with Gasteiger partial charge in [0.05, 0.1) is 0 Å². The molecule has 0 amide bonds. The lowest BCUT2D eigenvalue weighted by Gasteiger charge is -2.13. The predicted octanol–water partition coefficient (Wildman–Crippen LogP) is 5.00. The Morgan fingerprint density at radius 2 is 1.12 bits per heavy atom. The zero-order valence-corrected chi connectivity index (χ0v) is 12.1. The van der Waals surface area contributed by atoms with Crippen LogP contribution in [-0.4, -0.2) is 24.5 Å². The molecule has 0 saturated carbocycles. The van der Waals surface area contributed by atoms with Gasteiger partial charge in [0.2, 0.25) is 0 Å². The monoisotopic (exact) mass is 239 g/mol. The van der Waals surface area contributed by atoms with E-state index in [0.29, 0.717) is 0 Å². The number of nitrogens with zero attached hydrogens (tertiary/aromatic N) is 1. The number of hydrogen-bond acceptors (Lipinski definition) is 1. The Morgan fingerprint density at radius 3 is 1.65 bits per heavy atom. The summed E-state index contributed by atoms with van der Waals surface area (Å²) in [5.74, 6) is 0. The van der Waals surface area contributed by atoms with Crippen LogP contribution in [0.4, 0.5) is 0 Å². The molecule has 1 aliphatic heterocycles. The van der Waals surface area contributed by atoms with E-state index < -0.39 is 0 Å². The molecule has 1 heterocycles. The molecule has 0 unspecified atom stereocenters. The molecule has 0 aromatic rings. The summed E-state index contributed by atoms with van der Waals surface area (Å²) in [5, 5.41) is 0. The van der Waals surface area contributed by atoms with Crippen LogP contribution in [0.3, 0.4) is 0 Å². The first-order chi connectivity index (χ1) is 8.43. The Bertz CT molecular complexity index is 150. The number of hydrogen-bond donors (Lipinski definition) is 0. The average molecular weight is 239 g/mol. The van der Waals surface area contributed by atoms with Crippen molar-refractivity contribution in [2.45, 2.75) is 84.0 Å². The van der Waals surface area contributed by atoms with Crippen LogP contribution in [0.5, 0.6) is 0 Å². The number of unbranched alkanes of at least 4 members (excludes halogenated alkanes) is 9. The minimum atomic E-state index is 1.37. The molecule has 102 valence electrons. The highest BCUT2D eigenvalue weighted by Gasteiger charge is 2.09. The second kappa shape index (κ2) is 11.1. The van der Waals surface area contributed by atoms with Crippen molar-refractivity contribution in [1.82, 2.24) is 4.90 Å². The van der Waals surface area contributed by atoms with Crippen LogP contribution in [0.25, 0.3) is 0 Å². The van der Waals surface area contributed by atoms with E-state index in [9.17, 15) is 0 Å². The van der Waals surface area contributed by atoms with E-state index in [1.54, 1.807) is 0 Å². The summed E-state index contributed by atoms with van der Waals surface area (Å²) in [6.45, 7) is 6.41. The molecule has 1 heteroatoms. The molecular formula is C16H33N. The summed E-state index contributed by atoms with van der Waals surface area (Å²) >= 11 is 0. The minimum Gasteiger partial charge on any atom is -0.303 e.